The Balaban J connectivity index is 1.70. The van der Waals surface area contributed by atoms with Gasteiger partial charge in [-0.05, 0) is 51.1 Å². The lowest BCUT2D eigenvalue weighted by Gasteiger charge is -2.25. The van der Waals surface area contributed by atoms with Crippen molar-refractivity contribution in [3.05, 3.63) is 59.4 Å². The number of nitrogen functional groups attached to an aromatic ring is 1. The zero-order valence-electron chi connectivity index (χ0n) is 22.2. The largest absolute Gasteiger partial charge is 0.459 e. The molecule has 2 aromatic carbocycles. The van der Waals surface area contributed by atoms with Gasteiger partial charge in [-0.1, -0.05) is 29.8 Å². The van der Waals surface area contributed by atoms with Gasteiger partial charge in [0.15, 0.2) is 5.82 Å². The van der Waals surface area contributed by atoms with E-state index in [-0.39, 0.29) is 24.9 Å². The molecule has 1 unspecified atom stereocenters. The number of fused-ring (bicyclic) bond motifs is 3. The number of likely N-dealkylation sites (N-methyl/N-ethyl adjacent to an activating group) is 1. The van der Waals surface area contributed by atoms with Crippen LogP contribution in [-0.4, -0.2) is 46.7 Å². The van der Waals surface area contributed by atoms with Crippen LogP contribution in [0.15, 0.2) is 48.5 Å². The molecule has 4 N–H and O–H groups in total. The van der Waals surface area contributed by atoms with E-state index in [0.29, 0.717) is 28.8 Å². The standard InChI is InChI=1S/C26H32ClN6O5P/c1-5-36-15-22-31-23-24(20-8-6-7-9-21(20)30-25(23)28)33(22)16(2)14-37-39(35,32-17(3)26(34)29-4)38-19-12-10-18(27)11-13-19/h6-13,16-17H,5,14-15H2,1-4H3,(H2,28,30)(H,29,34)(H,32,35)/t16-,17+,39?/m1/s1. The van der Waals surface area contributed by atoms with E-state index in [2.05, 4.69) is 15.4 Å². The van der Waals surface area contributed by atoms with Crippen LogP contribution in [0.1, 0.15) is 32.6 Å². The number of pyridine rings is 1. The highest BCUT2D eigenvalue weighted by Gasteiger charge is 2.33. The van der Waals surface area contributed by atoms with Crippen molar-refractivity contribution in [3.8, 4) is 5.75 Å². The quantitative estimate of drug-likeness (QED) is 0.202. The Morgan fingerprint density at radius 2 is 1.87 bits per heavy atom. The van der Waals surface area contributed by atoms with Gasteiger partial charge in [0, 0.05) is 24.1 Å². The van der Waals surface area contributed by atoms with Gasteiger partial charge in [0.05, 0.1) is 29.7 Å². The summed E-state index contributed by atoms with van der Waals surface area (Å²) in [4.78, 5) is 21.4. The van der Waals surface area contributed by atoms with Crippen LogP contribution in [0, 0.1) is 0 Å². The Hall–Kier alpha value is -3.21. The van der Waals surface area contributed by atoms with Gasteiger partial charge in [-0.25, -0.2) is 14.5 Å². The second-order valence-corrected chi connectivity index (χ2v) is 11.0. The maximum atomic E-state index is 13.9. The fraction of sp³-hybridized carbons (Fsp3) is 0.346. The van der Waals surface area contributed by atoms with Gasteiger partial charge in [-0.2, -0.15) is 5.09 Å². The molecule has 0 fully saturated rings. The Morgan fingerprint density at radius 3 is 2.56 bits per heavy atom. The van der Waals surface area contributed by atoms with Gasteiger partial charge >= 0.3 is 7.75 Å². The predicted octanol–water partition coefficient (Wildman–Crippen LogP) is 4.85. The van der Waals surface area contributed by atoms with Crippen molar-refractivity contribution in [1.29, 1.82) is 0 Å². The summed E-state index contributed by atoms with van der Waals surface area (Å²) >= 11 is 5.98. The minimum atomic E-state index is -4.05. The number of nitrogens with zero attached hydrogens (tertiary/aromatic N) is 3. The summed E-state index contributed by atoms with van der Waals surface area (Å²) in [7, 11) is -2.56. The Bertz CT molecular complexity index is 1510. The zero-order valence-corrected chi connectivity index (χ0v) is 23.8. The third-order valence-corrected chi connectivity index (χ3v) is 7.91. The SMILES string of the molecule is CCOCc1nc2c(N)nc3ccccc3c2n1[C@H](C)COP(=O)(N[C@@H](C)C(=O)NC)Oc1ccc(Cl)cc1. The van der Waals surface area contributed by atoms with Crippen LogP contribution in [0.3, 0.4) is 0 Å². The fourth-order valence-electron chi connectivity index (χ4n) is 4.16. The zero-order chi connectivity index (χ0) is 28.2. The highest BCUT2D eigenvalue weighted by atomic mass is 35.5. The second-order valence-electron chi connectivity index (χ2n) is 8.90. The van der Waals surface area contributed by atoms with Gasteiger partial charge in [0.2, 0.25) is 5.91 Å². The molecule has 0 bridgehead atoms. The molecule has 0 aliphatic rings. The number of imidazole rings is 1. The van der Waals surface area contributed by atoms with Crippen molar-refractivity contribution in [2.45, 2.75) is 39.5 Å². The lowest BCUT2D eigenvalue weighted by molar-refractivity contribution is -0.121. The van der Waals surface area contributed by atoms with Crippen molar-refractivity contribution < 1.29 is 23.1 Å². The number of rotatable bonds is 12. The van der Waals surface area contributed by atoms with Gasteiger partial charge in [-0.15, -0.1) is 0 Å². The average molecular weight is 575 g/mol. The molecule has 11 nitrogen and oxygen atoms in total. The molecule has 0 spiro atoms. The summed E-state index contributed by atoms with van der Waals surface area (Å²) in [6.07, 6.45) is 0. The maximum absolute atomic E-state index is 13.9. The minimum Gasteiger partial charge on any atom is -0.413 e. The Kier molecular flexibility index (Phi) is 9.09. The molecule has 0 aliphatic carbocycles. The lowest BCUT2D eigenvalue weighted by Crippen LogP contribution is -2.40. The van der Waals surface area contributed by atoms with Crippen molar-refractivity contribution in [2.75, 3.05) is 26.0 Å². The molecule has 13 heteroatoms. The molecule has 208 valence electrons. The molecule has 1 amide bonds. The number of aromatic nitrogens is 3. The number of halogens is 1. The van der Waals surface area contributed by atoms with E-state index in [9.17, 15) is 9.36 Å². The van der Waals surface area contributed by atoms with Gasteiger partial charge in [0.25, 0.3) is 0 Å². The second kappa shape index (κ2) is 12.3. The monoisotopic (exact) mass is 574 g/mol. The maximum Gasteiger partial charge on any atom is 0.459 e. The van der Waals surface area contributed by atoms with E-state index in [1.165, 1.54) is 7.05 Å². The lowest BCUT2D eigenvalue weighted by atomic mass is 10.1. The number of anilines is 1. The molecule has 2 aromatic heterocycles. The molecular weight excluding hydrogens is 543 g/mol. The highest BCUT2D eigenvalue weighted by molar-refractivity contribution is 7.52. The van der Waals surface area contributed by atoms with Crippen LogP contribution in [0.5, 0.6) is 5.75 Å². The van der Waals surface area contributed by atoms with E-state index in [0.717, 1.165) is 16.4 Å². The Morgan fingerprint density at radius 1 is 1.15 bits per heavy atom. The van der Waals surface area contributed by atoms with Crippen LogP contribution in [-0.2, 0) is 25.2 Å². The van der Waals surface area contributed by atoms with Crippen LogP contribution in [0.4, 0.5) is 5.82 Å². The molecule has 0 saturated carbocycles. The summed E-state index contributed by atoms with van der Waals surface area (Å²) in [6, 6.07) is 12.7. The molecule has 0 aliphatic heterocycles. The molecule has 0 radical (unpaired) electrons. The first-order valence-corrected chi connectivity index (χ1v) is 14.4. The Labute approximate surface area is 231 Å². The fourth-order valence-corrected chi connectivity index (χ4v) is 5.86. The number of amides is 1. The van der Waals surface area contributed by atoms with E-state index in [1.54, 1.807) is 31.2 Å². The normalized spacial score (nSPS) is 14.7. The number of ether oxygens (including phenoxy) is 1. The predicted molar refractivity (Wildman–Crippen MR) is 152 cm³/mol. The van der Waals surface area contributed by atoms with Gasteiger partial charge in [0.1, 0.15) is 23.7 Å². The summed E-state index contributed by atoms with van der Waals surface area (Å²) in [5.41, 5.74) is 8.32. The van der Waals surface area contributed by atoms with E-state index in [1.807, 2.05) is 42.7 Å². The molecule has 4 aromatic rings. The van der Waals surface area contributed by atoms with Crippen LogP contribution in [0.25, 0.3) is 21.9 Å². The summed E-state index contributed by atoms with van der Waals surface area (Å²) < 4.78 is 33.3. The number of hydrogen-bond acceptors (Lipinski definition) is 8. The molecule has 3 atom stereocenters. The minimum absolute atomic E-state index is 0.0561. The highest BCUT2D eigenvalue weighted by Crippen LogP contribution is 2.46. The molecule has 2 heterocycles. The number of para-hydroxylation sites is 1. The van der Waals surface area contributed by atoms with Crippen LogP contribution >= 0.6 is 19.3 Å². The summed E-state index contributed by atoms with van der Waals surface area (Å²) in [5.74, 6) is 0.807. The van der Waals surface area contributed by atoms with Crippen molar-refractivity contribution in [1.82, 2.24) is 24.9 Å². The van der Waals surface area contributed by atoms with Crippen LogP contribution < -0.4 is 20.7 Å². The third kappa shape index (κ3) is 6.51. The van der Waals surface area contributed by atoms with Crippen molar-refractivity contribution in [2.24, 2.45) is 0 Å². The van der Waals surface area contributed by atoms with E-state index in [4.69, 9.17) is 36.1 Å². The average Bonchev–Trinajstić information content (AvgIpc) is 3.32. The first-order chi connectivity index (χ1) is 18.7. The number of carbonyl (C=O) groups excluding carboxylic acids is 1. The number of benzene rings is 2. The number of carbonyl (C=O) groups is 1. The topological polar surface area (TPSA) is 143 Å². The first kappa shape index (κ1) is 28.8. The van der Waals surface area contributed by atoms with E-state index >= 15 is 0 Å². The molecular formula is C26H32ClN6O5P. The first-order valence-electron chi connectivity index (χ1n) is 12.5. The number of hydrogen-bond donors (Lipinski definition) is 3. The third-order valence-electron chi connectivity index (χ3n) is 6.02. The molecule has 4 rings (SSSR count). The van der Waals surface area contributed by atoms with Crippen LogP contribution in [0.2, 0.25) is 5.02 Å². The number of nitrogens with one attached hydrogen (secondary N) is 2. The molecule has 0 saturated heterocycles. The van der Waals surface area contributed by atoms with Gasteiger partial charge in [-0.3, -0.25) is 9.32 Å². The van der Waals surface area contributed by atoms with Gasteiger partial charge < -0.3 is 24.9 Å². The van der Waals surface area contributed by atoms with Crippen molar-refractivity contribution >= 4 is 53.0 Å². The molecule has 39 heavy (non-hydrogen) atoms. The summed E-state index contributed by atoms with van der Waals surface area (Å²) in [5, 5.41) is 6.59. The van der Waals surface area contributed by atoms with E-state index < -0.39 is 19.8 Å². The smallest absolute Gasteiger partial charge is 0.413 e. The number of nitrogens with two attached hydrogens (primary N) is 1. The summed E-state index contributed by atoms with van der Waals surface area (Å²) in [6.45, 7) is 6.03. The van der Waals surface area contributed by atoms with Crippen molar-refractivity contribution in [3.63, 3.8) is 0 Å².